The summed E-state index contributed by atoms with van der Waals surface area (Å²) in [5, 5.41) is 7.46. The molecule has 0 spiro atoms. The Kier molecular flexibility index (Phi) is 7.84. The fraction of sp³-hybridized carbons (Fsp3) is 0.231. The van der Waals surface area contributed by atoms with E-state index in [0.29, 0.717) is 18.7 Å². The zero-order chi connectivity index (χ0) is 23.0. The van der Waals surface area contributed by atoms with Gasteiger partial charge in [0.05, 0.1) is 6.54 Å². The van der Waals surface area contributed by atoms with E-state index in [9.17, 15) is 9.59 Å². The van der Waals surface area contributed by atoms with Crippen molar-refractivity contribution in [1.29, 1.82) is 0 Å². The summed E-state index contributed by atoms with van der Waals surface area (Å²) in [7, 11) is 0. The van der Waals surface area contributed by atoms with E-state index >= 15 is 0 Å². The molecule has 0 saturated heterocycles. The highest BCUT2D eigenvalue weighted by Gasteiger charge is 2.15. The van der Waals surface area contributed by atoms with E-state index in [1.807, 2.05) is 35.7 Å². The van der Waals surface area contributed by atoms with Gasteiger partial charge in [-0.05, 0) is 52.8 Å². The number of benzene rings is 2. The fourth-order valence-corrected chi connectivity index (χ4v) is 3.60. The Morgan fingerprint density at radius 2 is 1.69 bits per heavy atom. The van der Waals surface area contributed by atoms with E-state index in [4.69, 9.17) is 4.74 Å². The van der Waals surface area contributed by atoms with Crippen molar-refractivity contribution < 1.29 is 14.3 Å². The van der Waals surface area contributed by atoms with Crippen molar-refractivity contribution >= 4 is 29.2 Å². The molecule has 32 heavy (non-hydrogen) atoms. The van der Waals surface area contributed by atoms with E-state index < -0.39 is 0 Å². The predicted octanol–water partition coefficient (Wildman–Crippen LogP) is 5.01. The summed E-state index contributed by atoms with van der Waals surface area (Å²) in [6.45, 7) is 7.12. The minimum Gasteiger partial charge on any atom is -0.492 e. The van der Waals surface area contributed by atoms with Crippen molar-refractivity contribution in [1.82, 2.24) is 10.6 Å². The van der Waals surface area contributed by atoms with E-state index in [-0.39, 0.29) is 22.9 Å². The second-order valence-electron chi connectivity index (χ2n) is 8.27. The van der Waals surface area contributed by atoms with Gasteiger partial charge in [0.1, 0.15) is 18.1 Å². The molecule has 5 nitrogen and oxygen atoms in total. The molecular weight excluding hydrogens is 420 g/mol. The minimum absolute atomic E-state index is 0.0853. The standard InChI is InChI=1S/C26H28N2O3S/c1-26(2,3)20-11-13-21(14-12-20)31-16-15-27-25(30)23(18-22-10-7-17-32-22)28-24(29)19-8-5-4-6-9-19/h4-14,17-18H,15-16H2,1-3H3,(H,27,30)(H,28,29)/b23-18-. The van der Waals surface area contributed by atoms with Crippen LogP contribution in [0.25, 0.3) is 6.08 Å². The van der Waals surface area contributed by atoms with Gasteiger partial charge in [-0.3, -0.25) is 9.59 Å². The van der Waals surface area contributed by atoms with Gasteiger partial charge < -0.3 is 15.4 Å². The molecule has 2 aromatic carbocycles. The second-order valence-corrected chi connectivity index (χ2v) is 9.25. The van der Waals surface area contributed by atoms with E-state index in [1.165, 1.54) is 16.9 Å². The van der Waals surface area contributed by atoms with E-state index in [1.54, 1.807) is 30.3 Å². The molecule has 2 N–H and O–H groups in total. The Hall–Kier alpha value is -3.38. The van der Waals surface area contributed by atoms with Gasteiger partial charge in [0, 0.05) is 10.4 Å². The predicted molar refractivity (Wildman–Crippen MR) is 130 cm³/mol. The minimum atomic E-state index is -0.366. The number of hydrogen-bond donors (Lipinski definition) is 2. The SMILES string of the molecule is CC(C)(C)c1ccc(OCCNC(=O)/C(=C/c2cccs2)NC(=O)c2ccccc2)cc1. The van der Waals surface area contributed by atoms with Crippen molar-refractivity contribution in [3.63, 3.8) is 0 Å². The highest BCUT2D eigenvalue weighted by molar-refractivity contribution is 7.10. The molecule has 6 heteroatoms. The first-order valence-corrected chi connectivity index (χ1v) is 11.3. The van der Waals surface area contributed by atoms with Crippen LogP contribution in [0.1, 0.15) is 41.6 Å². The molecule has 0 atom stereocenters. The monoisotopic (exact) mass is 448 g/mol. The second kappa shape index (κ2) is 10.8. The highest BCUT2D eigenvalue weighted by Crippen LogP contribution is 2.24. The summed E-state index contributed by atoms with van der Waals surface area (Å²) in [5.74, 6) is 0.0482. The van der Waals surface area contributed by atoms with Crippen LogP contribution in [0.4, 0.5) is 0 Å². The Balaban J connectivity index is 1.57. The van der Waals surface area contributed by atoms with Crippen LogP contribution < -0.4 is 15.4 Å². The Morgan fingerprint density at radius 1 is 0.969 bits per heavy atom. The molecule has 0 saturated carbocycles. The van der Waals surface area contributed by atoms with Crippen molar-refractivity contribution in [2.75, 3.05) is 13.2 Å². The van der Waals surface area contributed by atoms with Crippen LogP contribution in [0.5, 0.6) is 5.75 Å². The lowest BCUT2D eigenvalue weighted by Crippen LogP contribution is -2.36. The number of rotatable bonds is 8. The van der Waals surface area contributed by atoms with Crippen molar-refractivity contribution in [2.45, 2.75) is 26.2 Å². The third-order valence-electron chi connectivity index (χ3n) is 4.74. The number of carbonyl (C=O) groups is 2. The highest BCUT2D eigenvalue weighted by atomic mass is 32.1. The number of nitrogens with one attached hydrogen (secondary N) is 2. The molecule has 0 bridgehead atoms. The Labute approximate surface area is 193 Å². The molecular formula is C26H28N2O3S. The molecule has 0 aliphatic rings. The molecule has 0 unspecified atom stereocenters. The molecule has 0 fully saturated rings. The van der Waals surface area contributed by atoms with Crippen LogP contribution in [0.3, 0.4) is 0 Å². The molecule has 1 aromatic heterocycles. The average molecular weight is 449 g/mol. The summed E-state index contributed by atoms with van der Waals surface area (Å²) >= 11 is 1.49. The number of hydrogen-bond acceptors (Lipinski definition) is 4. The van der Waals surface area contributed by atoms with Crippen LogP contribution >= 0.6 is 11.3 Å². The topological polar surface area (TPSA) is 67.4 Å². The maximum absolute atomic E-state index is 12.8. The van der Waals surface area contributed by atoms with Gasteiger partial charge in [0.25, 0.3) is 11.8 Å². The first kappa shape index (κ1) is 23.3. The first-order chi connectivity index (χ1) is 15.3. The first-order valence-electron chi connectivity index (χ1n) is 10.5. The lowest BCUT2D eigenvalue weighted by atomic mass is 9.87. The van der Waals surface area contributed by atoms with Crippen molar-refractivity contribution in [2.24, 2.45) is 0 Å². The molecule has 0 radical (unpaired) electrons. The van der Waals surface area contributed by atoms with Crippen LogP contribution in [0.2, 0.25) is 0 Å². The number of carbonyl (C=O) groups excluding carboxylic acids is 2. The van der Waals surface area contributed by atoms with Gasteiger partial charge in [-0.25, -0.2) is 0 Å². The molecule has 166 valence electrons. The molecule has 2 amide bonds. The molecule has 0 aliphatic carbocycles. The average Bonchev–Trinajstić information content (AvgIpc) is 3.29. The molecule has 3 aromatic rings. The van der Waals surface area contributed by atoms with Crippen LogP contribution in [-0.4, -0.2) is 25.0 Å². The molecule has 0 aliphatic heterocycles. The van der Waals surface area contributed by atoms with Crippen molar-refractivity contribution in [3.8, 4) is 5.75 Å². The summed E-state index contributed by atoms with van der Waals surface area (Å²) in [5.41, 5.74) is 1.99. The quantitative estimate of drug-likeness (QED) is 0.376. The number of ether oxygens (including phenoxy) is 1. The summed E-state index contributed by atoms with van der Waals surface area (Å²) in [6, 6.07) is 20.6. The van der Waals surface area contributed by atoms with Gasteiger partial charge >= 0.3 is 0 Å². The Morgan fingerprint density at radius 3 is 2.31 bits per heavy atom. The zero-order valence-electron chi connectivity index (χ0n) is 18.6. The Bertz CT molecular complexity index is 1050. The van der Waals surface area contributed by atoms with Gasteiger partial charge in [-0.15, -0.1) is 11.3 Å². The zero-order valence-corrected chi connectivity index (χ0v) is 19.4. The van der Waals surface area contributed by atoms with Gasteiger partial charge in [-0.1, -0.05) is 57.2 Å². The van der Waals surface area contributed by atoms with Crippen molar-refractivity contribution in [3.05, 3.63) is 93.8 Å². The van der Waals surface area contributed by atoms with Gasteiger partial charge in [0.15, 0.2) is 0 Å². The smallest absolute Gasteiger partial charge is 0.267 e. The van der Waals surface area contributed by atoms with Crippen LogP contribution in [-0.2, 0) is 10.2 Å². The van der Waals surface area contributed by atoms with Gasteiger partial charge in [0.2, 0.25) is 0 Å². The maximum Gasteiger partial charge on any atom is 0.267 e. The van der Waals surface area contributed by atoms with E-state index in [2.05, 4.69) is 43.5 Å². The largest absolute Gasteiger partial charge is 0.492 e. The maximum atomic E-state index is 12.8. The number of thiophene rings is 1. The molecule has 1 heterocycles. The van der Waals surface area contributed by atoms with Crippen LogP contribution in [0, 0.1) is 0 Å². The van der Waals surface area contributed by atoms with Crippen LogP contribution in [0.15, 0.2) is 77.8 Å². The van der Waals surface area contributed by atoms with E-state index in [0.717, 1.165) is 10.6 Å². The lowest BCUT2D eigenvalue weighted by molar-refractivity contribution is -0.117. The summed E-state index contributed by atoms with van der Waals surface area (Å²) < 4.78 is 5.74. The fourth-order valence-electron chi connectivity index (χ4n) is 2.94. The lowest BCUT2D eigenvalue weighted by Gasteiger charge is -2.19. The third kappa shape index (κ3) is 6.82. The normalized spacial score (nSPS) is 11.7. The summed E-state index contributed by atoms with van der Waals surface area (Å²) in [6.07, 6.45) is 1.67. The third-order valence-corrected chi connectivity index (χ3v) is 5.55. The van der Waals surface area contributed by atoms with Gasteiger partial charge in [-0.2, -0.15) is 0 Å². The molecule has 3 rings (SSSR count). The number of amides is 2. The summed E-state index contributed by atoms with van der Waals surface area (Å²) in [4.78, 5) is 26.2.